The van der Waals surface area contributed by atoms with Gasteiger partial charge in [0.15, 0.2) is 0 Å². The van der Waals surface area contributed by atoms with Crippen molar-refractivity contribution >= 4 is 14.5 Å². The van der Waals surface area contributed by atoms with Crippen molar-refractivity contribution < 1.29 is 23.1 Å². The van der Waals surface area contributed by atoms with E-state index in [0.29, 0.717) is 5.57 Å². The molecule has 0 aliphatic carbocycles. The molecular formula is C18H34O5Si. The fraction of sp³-hybridized carbons (Fsp3) is 0.833. The van der Waals surface area contributed by atoms with E-state index in [4.69, 9.17) is 18.3 Å². The molecule has 0 aromatic heterocycles. The second kappa shape index (κ2) is 9.70. The topological polar surface area (TPSA) is 54.0 Å². The van der Waals surface area contributed by atoms with E-state index in [1.54, 1.807) is 28.3 Å². The molecule has 0 radical (unpaired) electrons. The molecule has 0 bridgehead atoms. The summed E-state index contributed by atoms with van der Waals surface area (Å²) in [6.07, 6.45) is 6.57. The zero-order valence-electron chi connectivity index (χ0n) is 16.0. The Kier molecular flexibility index (Phi) is 8.63. The molecule has 1 fully saturated rings. The molecular weight excluding hydrogens is 324 g/mol. The first kappa shape index (κ1) is 21.3. The lowest BCUT2D eigenvalue weighted by Crippen LogP contribution is -2.64. The Morgan fingerprint density at radius 3 is 2.42 bits per heavy atom. The fourth-order valence-electron chi connectivity index (χ4n) is 3.73. The van der Waals surface area contributed by atoms with Crippen molar-refractivity contribution in [1.82, 2.24) is 0 Å². The highest BCUT2D eigenvalue weighted by molar-refractivity contribution is 6.70. The average molecular weight is 359 g/mol. The maximum absolute atomic E-state index is 11.7. The third-order valence-corrected chi connectivity index (χ3v) is 9.69. The van der Waals surface area contributed by atoms with Gasteiger partial charge in [-0.25, -0.2) is 4.79 Å². The van der Waals surface area contributed by atoms with Crippen molar-refractivity contribution in [1.29, 1.82) is 0 Å². The van der Waals surface area contributed by atoms with Gasteiger partial charge in [-0.05, 0) is 45.1 Å². The second-order valence-corrected chi connectivity index (χ2v) is 10.4. The van der Waals surface area contributed by atoms with Gasteiger partial charge in [0, 0.05) is 26.9 Å². The van der Waals surface area contributed by atoms with Crippen LogP contribution in [-0.4, -0.2) is 47.2 Å². The molecule has 1 saturated heterocycles. The molecule has 1 rings (SSSR count). The summed E-state index contributed by atoms with van der Waals surface area (Å²) < 4.78 is 23.3. The highest BCUT2D eigenvalue weighted by Crippen LogP contribution is 2.43. The Hall–Kier alpha value is -0.693. The normalized spacial score (nSPS) is 24.4. The Morgan fingerprint density at radius 1 is 1.25 bits per heavy atom. The average Bonchev–Trinajstić information content (AvgIpc) is 2.60. The van der Waals surface area contributed by atoms with E-state index in [1.165, 1.54) is 0 Å². The third-order valence-electron chi connectivity index (χ3n) is 5.27. The molecule has 0 N–H and O–H groups in total. The SMILES string of the molecule is C=C(C)C(=O)OC(CC)CCCC1(OC)CCCC[Si]1(OC)OC. The van der Waals surface area contributed by atoms with Crippen LogP contribution in [-0.2, 0) is 23.1 Å². The van der Waals surface area contributed by atoms with E-state index in [2.05, 4.69) is 6.58 Å². The van der Waals surface area contributed by atoms with Gasteiger partial charge >= 0.3 is 14.5 Å². The van der Waals surface area contributed by atoms with Crippen molar-refractivity contribution in [3.63, 3.8) is 0 Å². The van der Waals surface area contributed by atoms with E-state index in [9.17, 15) is 4.79 Å². The standard InChI is InChI=1S/C18H34O5Si/c1-7-16(23-17(19)15(2)3)11-10-13-18(20-4)12-8-9-14-24(18,21-5)22-6/h16H,2,7-14H2,1,3-6H3. The van der Waals surface area contributed by atoms with E-state index >= 15 is 0 Å². The predicted octanol–water partition coefficient (Wildman–Crippen LogP) is 3.90. The lowest BCUT2D eigenvalue weighted by Gasteiger charge is -2.48. The molecule has 0 spiro atoms. The Labute approximate surface area is 147 Å². The van der Waals surface area contributed by atoms with Crippen molar-refractivity contribution in [3.05, 3.63) is 12.2 Å². The van der Waals surface area contributed by atoms with E-state index in [-0.39, 0.29) is 17.3 Å². The molecule has 1 aliphatic heterocycles. The summed E-state index contributed by atoms with van der Waals surface area (Å²) in [6, 6.07) is 0.968. The molecule has 5 nitrogen and oxygen atoms in total. The number of carbonyl (C=O) groups excluding carboxylic acids is 1. The van der Waals surface area contributed by atoms with E-state index < -0.39 is 8.56 Å². The van der Waals surface area contributed by atoms with Gasteiger partial charge in [0.05, 0.1) is 0 Å². The summed E-state index contributed by atoms with van der Waals surface area (Å²) in [5.41, 5.74) is 0.444. The van der Waals surface area contributed by atoms with Crippen LogP contribution in [0.25, 0.3) is 0 Å². The van der Waals surface area contributed by atoms with Crippen LogP contribution in [0.4, 0.5) is 0 Å². The summed E-state index contributed by atoms with van der Waals surface area (Å²) in [5, 5.41) is -0.314. The van der Waals surface area contributed by atoms with E-state index in [1.807, 2.05) is 6.92 Å². The number of ether oxygens (including phenoxy) is 2. The molecule has 1 heterocycles. The molecule has 0 saturated carbocycles. The summed E-state index contributed by atoms with van der Waals surface area (Å²) >= 11 is 0. The smallest absolute Gasteiger partial charge is 0.370 e. The van der Waals surface area contributed by atoms with Gasteiger partial charge in [0.2, 0.25) is 0 Å². The zero-order valence-corrected chi connectivity index (χ0v) is 17.0. The first-order valence-electron chi connectivity index (χ1n) is 8.92. The van der Waals surface area contributed by atoms with Crippen molar-refractivity contribution in [2.45, 2.75) is 76.2 Å². The van der Waals surface area contributed by atoms with Crippen molar-refractivity contribution in [3.8, 4) is 0 Å². The second-order valence-electron chi connectivity index (χ2n) is 6.67. The molecule has 1 aliphatic rings. The van der Waals surface area contributed by atoms with Crippen LogP contribution in [0.15, 0.2) is 12.2 Å². The Morgan fingerprint density at radius 2 is 1.92 bits per heavy atom. The fourth-order valence-corrected chi connectivity index (χ4v) is 7.65. The third kappa shape index (κ3) is 4.68. The van der Waals surface area contributed by atoms with Crippen LogP contribution in [0.3, 0.4) is 0 Å². The van der Waals surface area contributed by atoms with Gasteiger partial charge < -0.3 is 18.3 Å². The van der Waals surface area contributed by atoms with Gasteiger partial charge in [-0.1, -0.05) is 26.3 Å². The minimum atomic E-state index is -2.39. The van der Waals surface area contributed by atoms with Gasteiger partial charge in [0.1, 0.15) is 11.3 Å². The summed E-state index contributed by atoms with van der Waals surface area (Å²) in [7, 11) is 2.88. The van der Waals surface area contributed by atoms with Crippen LogP contribution in [0.5, 0.6) is 0 Å². The highest BCUT2D eigenvalue weighted by atomic mass is 28.4. The van der Waals surface area contributed by atoms with Crippen LogP contribution >= 0.6 is 0 Å². The first-order chi connectivity index (χ1) is 11.4. The van der Waals surface area contributed by atoms with Crippen molar-refractivity contribution in [2.75, 3.05) is 21.3 Å². The van der Waals surface area contributed by atoms with Gasteiger partial charge in [-0.3, -0.25) is 0 Å². The van der Waals surface area contributed by atoms with Crippen LogP contribution in [0.1, 0.15) is 58.8 Å². The monoisotopic (exact) mass is 358 g/mol. The van der Waals surface area contributed by atoms with Crippen LogP contribution < -0.4 is 0 Å². The predicted molar refractivity (Wildman–Crippen MR) is 97.0 cm³/mol. The maximum atomic E-state index is 11.7. The Bertz CT molecular complexity index is 422. The molecule has 140 valence electrons. The zero-order chi connectivity index (χ0) is 18.2. The summed E-state index contributed by atoms with van der Waals surface area (Å²) in [4.78, 5) is 11.7. The quantitative estimate of drug-likeness (QED) is 0.337. The van der Waals surface area contributed by atoms with Crippen LogP contribution in [0.2, 0.25) is 6.04 Å². The molecule has 0 aromatic rings. The maximum Gasteiger partial charge on any atom is 0.370 e. The molecule has 24 heavy (non-hydrogen) atoms. The minimum Gasteiger partial charge on any atom is -0.459 e. The lowest BCUT2D eigenvalue weighted by molar-refractivity contribution is -0.144. The number of esters is 1. The summed E-state index contributed by atoms with van der Waals surface area (Å²) in [5.74, 6) is -0.307. The van der Waals surface area contributed by atoms with E-state index in [0.717, 1.165) is 51.0 Å². The first-order valence-corrected chi connectivity index (χ1v) is 10.9. The molecule has 0 amide bonds. The summed E-state index contributed by atoms with van der Waals surface area (Å²) in [6.45, 7) is 7.35. The lowest BCUT2D eigenvalue weighted by atomic mass is 10.0. The number of rotatable bonds is 10. The Balaban J connectivity index is 2.70. The minimum absolute atomic E-state index is 0.0761. The van der Waals surface area contributed by atoms with Crippen molar-refractivity contribution in [2.24, 2.45) is 0 Å². The van der Waals surface area contributed by atoms with Crippen LogP contribution in [0, 0.1) is 0 Å². The van der Waals surface area contributed by atoms with Gasteiger partial charge in [-0.15, -0.1) is 0 Å². The largest absolute Gasteiger partial charge is 0.459 e. The molecule has 0 aromatic carbocycles. The number of hydrogen-bond donors (Lipinski definition) is 0. The molecule has 2 atom stereocenters. The molecule has 2 unspecified atom stereocenters. The number of carbonyl (C=O) groups is 1. The van der Waals surface area contributed by atoms with Gasteiger partial charge in [-0.2, -0.15) is 0 Å². The highest BCUT2D eigenvalue weighted by Gasteiger charge is 2.58. The molecule has 6 heteroatoms. The number of methoxy groups -OCH3 is 1. The van der Waals surface area contributed by atoms with Gasteiger partial charge in [0.25, 0.3) is 0 Å². The number of hydrogen-bond acceptors (Lipinski definition) is 5.